The van der Waals surface area contributed by atoms with E-state index in [-0.39, 0.29) is 12.1 Å². The fourth-order valence-electron chi connectivity index (χ4n) is 2.08. The summed E-state index contributed by atoms with van der Waals surface area (Å²) >= 11 is 5.92. The maximum absolute atomic E-state index is 12.1. The highest BCUT2D eigenvalue weighted by Gasteiger charge is 2.15. The topological polar surface area (TPSA) is 57.5 Å². The Morgan fingerprint density at radius 3 is 2.59 bits per heavy atom. The van der Waals surface area contributed by atoms with Gasteiger partial charge in [-0.3, -0.25) is 0 Å². The summed E-state index contributed by atoms with van der Waals surface area (Å²) in [5.74, 6) is 0. The van der Waals surface area contributed by atoms with Crippen LogP contribution in [0.15, 0.2) is 47.3 Å². The Hall–Kier alpha value is -1.98. The minimum absolute atomic E-state index is 0.114. The molecule has 0 saturated heterocycles. The lowest BCUT2D eigenvalue weighted by Gasteiger charge is -2.23. The Morgan fingerprint density at radius 1 is 1.27 bits per heavy atom. The number of urea groups is 1. The normalized spacial score (nSPS) is 12.2. The van der Waals surface area contributed by atoms with Crippen molar-refractivity contribution in [3.8, 4) is 0 Å². The Bertz CT molecular complexity index is 582. The van der Waals surface area contributed by atoms with Gasteiger partial charge in [-0.05, 0) is 37.9 Å². The molecule has 118 valence electrons. The van der Waals surface area contributed by atoms with Gasteiger partial charge in [0.1, 0.15) is 0 Å². The Balaban J connectivity index is 1.96. The molecule has 1 atom stereocenters. The third-order valence-electron chi connectivity index (χ3n) is 3.16. The lowest BCUT2D eigenvalue weighted by Crippen LogP contribution is -2.41. The summed E-state index contributed by atoms with van der Waals surface area (Å²) in [5, 5.41) is 6.47. The van der Waals surface area contributed by atoms with Crippen LogP contribution >= 0.6 is 11.6 Å². The second kappa shape index (κ2) is 7.87. The highest BCUT2D eigenvalue weighted by molar-refractivity contribution is 6.30. The van der Waals surface area contributed by atoms with Crippen molar-refractivity contribution in [2.75, 3.05) is 20.6 Å². The third kappa shape index (κ3) is 5.09. The molecule has 22 heavy (non-hydrogen) atoms. The quantitative estimate of drug-likeness (QED) is 0.860. The molecular formula is C16H20ClN3O2. The Labute approximate surface area is 135 Å². The maximum Gasteiger partial charge on any atom is 0.315 e. The summed E-state index contributed by atoms with van der Waals surface area (Å²) in [4.78, 5) is 14.1. The van der Waals surface area contributed by atoms with E-state index in [4.69, 9.17) is 16.0 Å². The zero-order valence-corrected chi connectivity index (χ0v) is 13.4. The Kier molecular flexibility index (Phi) is 5.86. The molecule has 0 fully saturated rings. The van der Waals surface area contributed by atoms with E-state index in [0.29, 0.717) is 18.1 Å². The molecule has 2 N–H and O–H groups in total. The van der Waals surface area contributed by atoms with E-state index < -0.39 is 0 Å². The first-order valence-electron chi connectivity index (χ1n) is 7.00. The van der Waals surface area contributed by atoms with Gasteiger partial charge >= 0.3 is 6.03 Å². The molecule has 0 spiro atoms. The molecular weight excluding hydrogens is 302 g/mol. The van der Waals surface area contributed by atoms with Gasteiger partial charge in [0.15, 0.2) is 0 Å². The van der Waals surface area contributed by atoms with Gasteiger partial charge in [0.2, 0.25) is 0 Å². The van der Waals surface area contributed by atoms with Crippen LogP contribution < -0.4 is 10.6 Å². The van der Waals surface area contributed by atoms with E-state index >= 15 is 0 Å². The minimum atomic E-state index is -0.219. The molecule has 5 nitrogen and oxygen atoms in total. The lowest BCUT2D eigenvalue weighted by molar-refractivity contribution is 0.232. The summed E-state index contributed by atoms with van der Waals surface area (Å²) in [6.45, 7) is 1.12. The van der Waals surface area contributed by atoms with Gasteiger partial charge in [0.25, 0.3) is 0 Å². The van der Waals surface area contributed by atoms with E-state index in [2.05, 4.69) is 10.6 Å². The first-order chi connectivity index (χ1) is 10.5. The van der Waals surface area contributed by atoms with Gasteiger partial charge < -0.3 is 20.0 Å². The van der Waals surface area contributed by atoms with Crippen molar-refractivity contribution in [1.82, 2.24) is 15.5 Å². The van der Waals surface area contributed by atoms with Crippen molar-refractivity contribution in [2.24, 2.45) is 0 Å². The van der Waals surface area contributed by atoms with Crippen molar-refractivity contribution in [1.29, 1.82) is 0 Å². The fraction of sp³-hybridized carbons (Fsp3) is 0.312. The average molecular weight is 322 g/mol. The molecule has 2 aromatic rings. The monoisotopic (exact) mass is 321 g/mol. The number of nitrogens with zero attached hydrogens (tertiary/aromatic N) is 1. The van der Waals surface area contributed by atoms with Crippen molar-refractivity contribution < 1.29 is 9.21 Å². The van der Waals surface area contributed by atoms with Crippen LogP contribution in [-0.4, -0.2) is 31.6 Å². The highest BCUT2D eigenvalue weighted by Crippen LogP contribution is 2.17. The van der Waals surface area contributed by atoms with E-state index in [9.17, 15) is 4.79 Å². The largest absolute Gasteiger partial charge is 0.472 e. The summed E-state index contributed by atoms with van der Waals surface area (Å²) in [7, 11) is 3.93. The van der Waals surface area contributed by atoms with Gasteiger partial charge in [-0.1, -0.05) is 23.7 Å². The number of halogens is 1. The average Bonchev–Trinajstić information content (AvgIpc) is 2.98. The molecule has 0 saturated carbocycles. The van der Waals surface area contributed by atoms with Crippen LogP contribution in [0, 0.1) is 0 Å². The fourth-order valence-corrected chi connectivity index (χ4v) is 2.21. The standard InChI is InChI=1S/C16H20ClN3O2/c1-20(2)10-15(13-3-5-14(17)6-4-13)19-16(21)18-9-12-7-8-22-11-12/h3-8,11,15H,9-10H2,1-2H3,(H2,18,19,21). The molecule has 1 aromatic carbocycles. The molecule has 1 heterocycles. The number of carbonyl (C=O) groups excluding carboxylic acids is 1. The zero-order valence-electron chi connectivity index (χ0n) is 12.7. The number of benzene rings is 1. The van der Waals surface area contributed by atoms with Crippen molar-refractivity contribution in [2.45, 2.75) is 12.6 Å². The first kappa shape index (κ1) is 16.4. The van der Waals surface area contributed by atoms with Crippen LogP contribution in [0.4, 0.5) is 4.79 Å². The molecule has 6 heteroatoms. The molecule has 1 unspecified atom stereocenters. The third-order valence-corrected chi connectivity index (χ3v) is 3.41. The van der Waals surface area contributed by atoms with Crippen LogP contribution in [0.5, 0.6) is 0 Å². The van der Waals surface area contributed by atoms with Crippen molar-refractivity contribution in [3.05, 3.63) is 59.0 Å². The predicted octanol–water partition coefficient (Wildman–Crippen LogP) is 3.04. The van der Waals surface area contributed by atoms with Crippen LogP contribution in [-0.2, 0) is 6.54 Å². The van der Waals surface area contributed by atoms with Gasteiger partial charge in [-0.2, -0.15) is 0 Å². The van der Waals surface area contributed by atoms with Crippen LogP contribution in [0.2, 0.25) is 5.02 Å². The highest BCUT2D eigenvalue weighted by atomic mass is 35.5. The van der Waals surface area contributed by atoms with Gasteiger partial charge in [-0.25, -0.2) is 4.79 Å². The summed E-state index contributed by atoms with van der Waals surface area (Å²) in [6.07, 6.45) is 3.19. The number of nitrogens with one attached hydrogen (secondary N) is 2. The molecule has 2 rings (SSSR count). The Morgan fingerprint density at radius 2 is 2.00 bits per heavy atom. The molecule has 0 aliphatic rings. The van der Waals surface area contributed by atoms with Crippen LogP contribution in [0.3, 0.4) is 0 Å². The second-order valence-corrected chi connectivity index (χ2v) is 5.76. The van der Waals surface area contributed by atoms with Gasteiger partial charge in [0.05, 0.1) is 18.6 Å². The number of rotatable bonds is 6. The van der Waals surface area contributed by atoms with Crippen molar-refractivity contribution in [3.63, 3.8) is 0 Å². The van der Waals surface area contributed by atoms with Gasteiger partial charge in [0, 0.05) is 23.7 Å². The summed E-state index contributed by atoms with van der Waals surface area (Å²) in [6, 6.07) is 8.98. The minimum Gasteiger partial charge on any atom is -0.472 e. The maximum atomic E-state index is 12.1. The molecule has 0 radical (unpaired) electrons. The van der Waals surface area contributed by atoms with E-state index in [1.54, 1.807) is 12.5 Å². The summed E-state index contributed by atoms with van der Waals surface area (Å²) < 4.78 is 4.97. The number of hydrogen-bond acceptors (Lipinski definition) is 3. The number of amides is 2. The molecule has 1 aromatic heterocycles. The van der Waals surface area contributed by atoms with Crippen molar-refractivity contribution >= 4 is 17.6 Å². The molecule has 2 amide bonds. The van der Waals surface area contributed by atoms with Crippen LogP contribution in [0.25, 0.3) is 0 Å². The van der Waals surface area contributed by atoms with E-state index in [1.165, 1.54) is 0 Å². The number of furan rings is 1. The van der Waals surface area contributed by atoms with E-state index in [1.807, 2.05) is 49.3 Å². The lowest BCUT2D eigenvalue weighted by atomic mass is 10.1. The smallest absolute Gasteiger partial charge is 0.315 e. The second-order valence-electron chi connectivity index (χ2n) is 5.32. The first-order valence-corrected chi connectivity index (χ1v) is 7.38. The van der Waals surface area contributed by atoms with Gasteiger partial charge in [-0.15, -0.1) is 0 Å². The number of likely N-dealkylation sites (N-methyl/N-ethyl adjacent to an activating group) is 1. The molecule has 0 bridgehead atoms. The van der Waals surface area contributed by atoms with E-state index in [0.717, 1.165) is 11.1 Å². The zero-order chi connectivity index (χ0) is 15.9. The number of carbonyl (C=O) groups is 1. The predicted molar refractivity (Wildman–Crippen MR) is 86.8 cm³/mol. The molecule has 0 aliphatic heterocycles. The summed E-state index contributed by atoms with van der Waals surface area (Å²) in [5.41, 5.74) is 1.93. The van der Waals surface area contributed by atoms with Crippen LogP contribution in [0.1, 0.15) is 17.2 Å². The number of hydrogen-bond donors (Lipinski definition) is 2. The SMILES string of the molecule is CN(C)CC(NC(=O)NCc1ccoc1)c1ccc(Cl)cc1. The molecule has 0 aliphatic carbocycles.